The topological polar surface area (TPSA) is 62.2 Å². The van der Waals surface area contributed by atoms with Gasteiger partial charge in [-0.2, -0.15) is 0 Å². The van der Waals surface area contributed by atoms with Gasteiger partial charge in [0, 0.05) is 17.8 Å². The Hall–Kier alpha value is -1.13. The molecule has 1 atom stereocenters. The first-order valence-electron chi connectivity index (χ1n) is 5.57. The van der Waals surface area contributed by atoms with Crippen LogP contribution in [0.1, 0.15) is 37.2 Å². The third kappa shape index (κ3) is 4.71. The van der Waals surface area contributed by atoms with E-state index in [1.807, 2.05) is 6.92 Å². The minimum atomic E-state index is -0.886. The Labute approximate surface area is 106 Å². The Bertz CT molecular complexity index is 394. The minimum Gasteiger partial charge on any atom is -0.388 e. The SMILES string of the molecule is CCCC(C)(O)CNC(=O)c1cc(Cl)ccn1. The van der Waals surface area contributed by atoms with Crippen LogP contribution in [0.2, 0.25) is 5.02 Å². The highest BCUT2D eigenvalue weighted by molar-refractivity contribution is 6.30. The summed E-state index contributed by atoms with van der Waals surface area (Å²) in [6.07, 6.45) is 2.97. The number of amides is 1. The first-order chi connectivity index (χ1) is 7.94. The Balaban J connectivity index is 2.56. The number of carbonyl (C=O) groups is 1. The zero-order valence-corrected chi connectivity index (χ0v) is 10.8. The number of pyridine rings is 1. The number of hydrogen-bond donors (Lipinski definition) is 2. The minimum absolute atomic E-state index is 0.202. The van der Waals surface area contributed by atoms with Crippen LogP contribution in [0.15, 0.2) is 18.3 Å². The number of carbonyl (C=O) groups excluding carboxylic acids is 1. The van der Waals surface area contributed by atoms with E-state index in [2.05, 4.69) is 10.3 Å². The first-order valence-corrected chi connectivity index (χ1v) is 5.94. The second-order valence-electron chi connectivity index (χ2n) is 4.29. The van der Waals surface area contributed by atoms with Gasteiger partial charge < -0.3 is 10.4 Å². The van der Waals surface area contributed by atoms with Gasteiger partial charge in [-0.15, -0.1) is 0 Å². The van der Waals surface area contributed by atoms with Gasteiger partial charge in [-0.3, -0.25) is 9.78 Å². The van der Waals surface area contributed by atoms with Crippen molar-refractivity contribution in [2.24, 2.45) is 0 Å². The molecule has 0 aliphatic heterocycles. The molecule has 17 heavy (non-hydrogen) atoms. The third-order valence-electron chi connectivity index (χ3n) is 2.37. The van der Waals surface area contributed by atoms with Crippen molar-refractivity contribution in [3.05, 3.63) is 29.0 Å². The highest BCUT2D eigenvalue weighted by Crippen LogP contribution is 2.11. The van der Waals surface area contributed by atoms with Crippen LogP contribution >= 0.6 is 11.6 Å². The van der Waals surface area contributed by atoms with Crippen molar-refractivity contribution in [3.63, 3.8) is 0 Å². The van der Waals surface area contributed by atoms with Crippen LogP contribution in [0.25, 0.3) is 0 Å². The molecule has 5 heteroatoms. The first kappa shape index (κ1) is 13.9. The van der Waals surface area contributed by atoms with Crippen LogP contribution in [0.5, 0.6) is 0 Å². The van der Waals surface area contributed by atoms with E-state index in [0.29, 0.717) is 11.4 Å². The van der Waals surface area contributed by atoms with Crippen molar-refractivity contribution in [1.82, 2.24) is 10.3 Å². The average Bonchev–Trinajstić information content (AvgIpc) is 2.26. The summed E-state index contributed by atoms with van der Waals surface area (Å²) >= 11 is 5.76. The van der Waals surface area contributed by atoms with Crippen molar-refractivity contribution in [2.45, 2.75) is 32.3 Å². The fourth-order valence-corrected chi connectivity index (χ4v) is 1.68. The molecule has 1 heterocycles. The molecule has 0 fully saturated rings. The molecule has 94 valence electrons. The lowest BCUT2D eigenvalue weighted by molar-refractivity contribution is 0.0468. The zero-order valence-electron chi connectivity index (χ0n) is 10.0. The Morgan fingerprint density at radius 3 is 2.94 bits per heavy atom. The summed E-state index contributed by atoms with van der Waals surface area (Å²) in [6.45, 7) is 3.88. The van der Waals surface area contributed by atoms with Gasteiger partial charge >= 0.3 is 0 Å². The van der Waals surface area contributed by atoms with Crippen LogP contribution in [0, 0.1) is 0 Å². The highest BCUT2D eigenvalue weighted by Gasteiger charge is 2.20. The molecule has 0 radical (unpaired) electrons. The van der Waals surface area contributed by atoms with Gasteiger partial charge in [0.05, 0.1) is 5.60 Å². The molecule has 1 rings (SSSR count). The smallest absolute Gasteiger partial charge is 0.270 e. The molecular formula is C12H17ClN2O2. The van der Waals surface area contributed by atoms with Gasteiger partial charge in [0.1, 0.15) is 5.69 Å². The van der Waals surface area contributed by atoms with Crippen molar-refractivity contribution in [2.75, 3.05) is 6.54 Å². The molecule has 2 N–H and O–H groups in total. The van der Waals surface area contributed by atoms with E-state index < -0.39 is 5.60 Å². The molecule has 0 aliphatic carbocycles. The third-order valence-corrected chi connectivity index (χ3v) is 2.61. The molecule has 0 aliphatic rings. The lowest BCUT2D eigenvalue weighted by atomic mass is 10.0. The van der Waals surface area contributed by atoms with Crippen LogP contribution < -0.4 is 5.32 Å². The van der Waals surface area contributed by atoms with E-state index in [-0.39, 0.29) is 18.1 Å². The fraction of sp³-hybridized carbons (Fsp3) is 0.500. The number of halogens is 1. The van der Waals surface area contributed by atoms with Gasteiger partial charge in [-0.1, -0.05) is 24.9 Å². The van der Waals surface area contributed by atoms with Crippen molar-refractivity contribution < 1.29 is 9.90 Å². The van der Waals surface area contributed by atoms with Crippen molar-refractivity contribution in [3.8, 4) is 0 Å². The summed E-state index contributed by atoms with van der Waals surface area (Å²) in [5, 5.41) is 13.0. The molecule has 0 bridgehead atoms. The van der Waals surface area contributed by atoms with Gasteiger partial charge in [-0.25, -0.2) is 0 Å². The normalized spacial score (nSPS) is 14.1. The lowest BCUT2D eigenvalue weighted by Gasteiger charge is -2.22. The Morgan fingerprint density at radius 1 is 1.65 bits per heavy atom. The van der Waals surface area contributed by atoms with Gasteiger partial charge in [0.15, 0.2) is 0 Å². The van der Waals surface area contributed by atoms with E-state index in [9.17, 15) is 9.90 Å². The average molecular weight is 257 g/mol. The second-order valence-corrected chi connectivity index (χ2v) is 4.73. The summed E-state index contributed by atoms with van der Waals surface area (Å²) in [5.74, 6) is -0.330. The maximum atomic E-state index is 11.7. The quantitative estimate of drug-likeness (QED) is 0.847. The maximum Gasteiger partial charge on any atom is 0.270 e. The molecule has 4 nitrogen and oxygen atoms in total. The summed E-state index contributed by atoms with van der Waals surface area (Å²) < 4.78 is 0. The Kier molecular flexibility index (Phi) is 4.90. The van der Waals surface area contributed by atoms with Crippen LogP contribution in [0.4, 0.5) is 0 Å². The van der Waals surface area contributed by atoms with E-state index in [0.717, 1.165) is 6.42 Å². The molecule has 1 aromatic rings. The molecule has 0 saturated carbocycles. The van der Waals surface area contributed by atoms with E-state index in [4.69, 9.17) is 11.6 Å². The maximum absolute atomic E-state index is 11.7. The summed E-state index contributed by atoms with van der Waals surface area (Å²) in [7, 11) is 0. The van der Waals surface area contributed by atoms with Gasteiger partial charge in [-0.05, 0) is 25.5 Å². The predicted molar refractivity (Wildman–Crippen MR) is 67.1 cm³/mol. The number of nitrogens with one attached hydrogen (secondary N) is 1. The number of aliphatic hydroxyl groups is 1. The monoisotopic (exact) mass is 256 g/mol. The standard InChI is InChI=1S/C12H17ClN2O2/c1-3-5-12(2,17)8-15-11(16)10-7-9(13)4-6-14-10/h4,6-7,17H,3,5,8H2,1-2H3,(H,15,16). The molecular weight excluding hydrogens is 240 g/mol. The van der Waals surface area contributed by atoms with Crippen LogP contribution in [0.3, 0.4) is 0 Å². The second kappa shape index (κ2) is 5.98. The zero-order chi connectivity index (χ0) is 12.9. The molecule has 0 saturated heterocycles. The molecule has 0 spiro atoms. The van der Waals surface area contributed by atoms with E-state index in [1.54, 1.807) is 13.0 Å². The Morgan fingerprint density at radius 2 is 2.35 bits per heavy atom. The van der Waals surface area contributed by atoms with Crippen molar-refractivity contribution >= 4 is 17.5 Å². The van der Waals surface area contributed by atoms with E-state index in [1.165, 1.54) is 12.3 Å². The highest BCUT2D eigenvalue weighted by atomic mass is 35.5. The summed E-state index contributed by atoms with van der Waals surface area (Å²) in [5.41, 5.74) is -0.631. The summed E-state index contributed by atoms with van der Waals surface area (Å²) in [4.78, 5) is 15.6. The molecule has 0 aromatic carbocycles. The largest absolute Gasteiger partial charge is 0.388 e. The number of aromatic nitrogens is 1. The van der Waals surface area contributed by atoms with Gasteiger partial charge in [0.2, 0.25) is 0 Å². The predicted octanol–water partition coefficient (Wildman–Crippen LogP) is 2.02. The van der Waals surface area contributed by atoms with Crippen LogP contribution in [-0.4, -0.2) is 28.1 Å². The number of hydrogen-bond acceptors (Lipinski definition) is 3. The molecule has 1 amide bonds. The lowest BCUT2D eigenvalue weighted by Crippen LogP contribution is -2.40. The van der Waals surface area contributed by atoms with Crippen molar-refractivity contribution in [1.29, 1.82) is 0 Å². The number of rotatable bonds is 5. The van der Waals surface area contributed by atoms with Gasteiger partial charge in [0.25, 0.3) is 5.91 Å². The van der Waals surface area contributed by atoms with E-state index >= 15 is 0 Å². The fourth-order valence-electron chi connectivity index (χ4n) is 1.52. The summed E-state index contributed by atoms with van der Waals surface area (Å²) in [6, 6.07) is 3.09. The number of nitrogens with zero attached hydrogens (tertiary/aromatic N) is 1. The molecule has 1 unspecified atom stereocenters. The van der Waals surface area contributed by atoms with Crippen LogP contribution in [-0.2, 0) is 0 Å². The molecule has 1 aromatic heterocycles.